The Kier molecular flexibility index (Phi) is 2.63. The second-order valence-corrected chi connectivity index (χ2v) is 6.94. The largest absolute Gasteiger partial charge is 0.248 e. The van der Waals surface area contributed by atoms with Crippen LogP contribution in [-0.2, 0) is 9.73 Å². The van der Waals surface area contributed by atoms with E-state index < -0.39 is 14.5 Å². The smallest absolute Gasteiger partial charge is 0.125 e. The van der Waals surface area contributed by atoms with Crippen molar-refractivity contribution in [1.82, 2.24) is 9.97 Å². The third-order valence-electron chi connectivity index (χ3n) is 1.95. The van der Waals surface area contributed by atoms with Gasteiger partial charge in [-0.1, -0.05) is 0 Å². The standard InChI is InChI=1S/C9H15N3OS/c1-7-11-5-8(6-12-7)14(10,13)9(2,3)4/h5-6,10H,1-4H3. The molecule has 1 aromatic heterocycles. The summed E-state index contributed by atoms with van der Waals surface area (Å²) in [5.41, 5.74) is 0. The number of aryl methyl sites for hydroxylation is 1. The molecule has 1 heterocycles. The molecule has 4 nitrogen and oxygen atoms in total. The third-order valence-corrected chi connectivity index (χ3v) is 4.55. The predicted molar refractivity (Wildman–Crippen MR) is 55.7 cm³/mol. The zero-order valence-electron chi connectivity index (χ0n) is 8.87. The lowest BCUT2D eigenvalue weighted by atomic mass is 10.3. The Morgan fingerprint density at radius 1 is 1.29 bits per heavy atom. The van der Waals surface area contributed by atoms with E-state index in [-0.39, 0.29) is 0 Å². The fourth-order valence-electron chi connectivity index (χ4n) is 0.883. The van der Waals surface area contributed by atoms with Crippen LogP contribution in [0.2, 0.25) is 0 Å². The minimum atomic E-state index is -2.82. The Hall–Kier alpha value is -0.970. The molecular weight excluding hydrogens is 198 g/mol. The lowest BCUT2D eigenvalue weighted by Crippen LogP contribution is -2.27. The number of aromatic nitrogens is 2. The van der Waals surface area contributed by atoms with Crippen molar-refractivity contribution < 1.29 is 4.21 Å². The quantitative estimate of drug-likeness (QED) is 0.775. The van der Waals surface area contributed by atoms with E-state index in [0.29, 0.717) is 10.7 Å². The molecule has 0 fully saturated rings. The minimum Gasteiger partial charge on any atom is -0.248 e. The molecule has 1 atom stereocenters. The molecular formula is C9H15N3OS. The molecule has 0 saturated carbocycles. The predicted octanol–water partition coefficient (Wildman–Crippen LogP) is 1.99. The fraction of sp³-hybridized carbons (Fsp3) is 0.556. The number of rotatable bonds is 1. The lowest BCUT2D eigenvalue weighted by molar-refractivity contribution is 0.636. The monoisotopic (exact) mass is 213 g/mol. The van der Waals surface area contributed by atoms with Gasteiger partial charge < -0.3 is 0 Å². The highest BCUT2D eigenvalue weighted by Crippen LogP contribution is 2.24. The van der Waals surface area contributed by atoms with Crippen LogP contribution >= 0.6 is 0 Å². The highest BCUT2D eigenvalue weighted by molar-refractivity contribution is 7.93. The van der Waals surface area contributed by atoms with Crippen molar-refractivity contribution in [3.05, 3.63) is 18.2 Å². The summed E-state index contributed by atoms with van der Waals surface area (Å²) in [6.07, 6.45) is 2.95. The highest BCUT2D eigenvalue weighted by Gasteiger charge is 2.27. The van der Waals surface area contributed by atoms with Gasteiger partial charge in [-0.2, -0.15) is 0 Å². The Bertz CT molecular complexity index is 414. The summed E-state index contributed by atoms with van der Waals surface area (Å²) in [5.74, 6) is 0.623. The van der Waals surface area contributed by atoms with Gasteiger partial charge in [-0.3, -0.25) is 0 Å². The van der Waals surface area contributed by atoms with Crippen LogP contribution in [-0.4, -0.2) is 18.9 Å². The zero-order valence-corrected chi connectivity index (χ0v) is 9.68. The SMILES string of the molecule is Cc1ncc(S(=N)(=O)C(C)(C)C)cn1. The van der Waals surface area contributed by atoms with E-state index in [1.54, 1.807) is 27.7 Å². The van der Waals surface area contributed by atoms with Crippen LogP contribution in [0.3, 0.4) is 0 Å². The number of nitrogens with zero attached hydrogens (tertiary/aromatic N) is 2. The molecule has 1 N–H and O–H groups in total. The van der Waals surface area contributed by atoms with Gasteiger partial charge in [-0.25, -0.2) is 19.0 Å². The van der Waals surface area contributed by atoms with Gasteiger partial charge in [0.2, 0.25) is 0 Å². The van der Waals surface area contributed by atoms with Crippen LogP contribution in [0.1, 0.15) is 26.6 Å². The molecule has 0 radical (unpaired) electrons. The zero-order chi connectivity index (χ0) is 11.0. The molecule has 0 saturated heterocycles. The molecule has 1 rings (SSSR count). The Labute approximate surface area is 84.8 Å². The van der Waals surface area contributed by atoms with Gasteiger partial charge in [0, 0.05) is 12.4 Å². The molecule has 14 heavy (non-hydrogen) atoms. The Morgan fingerprint density at radius 2 is 1.71 bits per heavy atom. The van der Waals surface area contributed by atoms with E-state index in [1.165, 1.54) is 12.4 Å². The summed E-state index contributed by atoms with van der Waals surface area (Å²) < 4.78 is 19.4. The highest BCUT2D eigenvalue weighted by atomic mass is 32.2. The lowest BCUT2D eigenvalue weighted by Gasteiger charge is -2.21. The maximum absolute atomic E-state index is 12.1. The van der Waals surface area contributed by atoms with E-state index in [2.05, 4.69) is 9.97 Å². The first-order chi connectivity index (χ1) is 6.25. The van der Waals surface area contributed by atoms with Gasteiger partial charge in [0.25, 0.3) is 0 Å². The van der Waals surface area contributed by atoms with Crippen LogP contribution in [0.5, 0.6) is 0 Å². The molecule has 1 aromatic rings. The molecule has 0 amide bonds. The van der Waals surface area contributed by atoms with Crippen molar-refractivity contribution in [2.24, 2.45) is 0 Å². The summed E-state index contributed by atoms with van der Waals surface area (Å²) in [7, 11) is -2.82. The van der Waals surface area contributed by atoms with Gasteiger partial charge in [0.05, 0.1) is 19.4 Å². The van der Waals surface area contributed by atoms with Gasteiger partial charge >= 0.3 is 0 Å². The normalized spacial score (nSPS) is 16.3. The van der Waals surface area contributed by atoms with Crippen molar-refractivity contribution in [2.75, 3.05) is 0 Å². The first-order valence-electron chi connectivity index (χ1n) is 4.32. The Morgan fingerprint density at radius 3 is 2.07 bits per heavy atom. The maximum atomic E-state index is 12.1. The van der Waals surface area contributed by atoms with Crippen molar-refractivity contribution in [2.45, 2.75) is 37.3 Å². The molecule has 0 spiro atoms. The molecule has 0 aliphatic carbocycles. The molecule has 0 bridgehead atoms. The molecule has 78 valence electrons. The number of nitrogens with one attached hydrogen (secondary N) is 1. The van der Waals surface area contributed by atoms with Gasteiger partial charge in [-0.15, -0.1) is 0 Å². The van der Waals surface area contributed by atoms with Crippen molar-refractivity contribution in [3.63, 3.8) is 0 Å². The van der Waals surface area contributed by atoms with Crippen LogP contribution in [0.4, 0.5) is 0 Å². The average Bonchev–Trinajstić information content (AvgIpc) is 2.03. The van der Waals surface area contributed by atoms with Crippen LogP contribution in [0, 0.1) is 11.7 Å². The van der Waals surface area contributed by atoms with Gasteiger partial charge in [-0.05, 0) is 27.7 Å². The average molecular weight is 213 g/mol. The van der Waals surface area contributed by atoms with Gasteiger partial charge in [0.1, 0.15) is 5.82 Å². The summed E-state index contributed by atoms with van der Waals surface area (Å²) in [6, 6.07) is 0. The van der Waals surface area contributed by atoms with Crippen LogP contribution < -0.4 is 0 Å². The van der Waals surface area contributed by atoms with Crippen LogP contribution in [0.15, 0.2) is 17.3 Å². The van der Waals surface area contributed by atoms with E-state index in [0.717, 1.165) is 0 Å². The van der Waals surface area contributed by atoms with Crippen molar-refractivity contribution in [1.29, 1.82) is 4.78 Å². The summed E-state index contributed by atoms with van der Waals surface area (Å²) in [4.78, 5) is 8.30. The van der Waals surface area contributed by atoms with Crippen molar-refractivity contribution >= 4 is 9.73 Å². The topological polar surface area (TPSA) is 66.7 Å². The minimum absolute atomic E-state index is 0.399. The van der Waals surface area contributed by atoms with E-state index >= 15 is 0 Å². The first-order valence-corrected chi connectivity index (χ1v) is 5.88. The van der Waals surface area contributed by atoms with E-state index in [9.17, 15) is 4.21 Å². The molecule has 0 aliphatic heterocycles. The van der Waals surface area contributed by atoms with E-state index in [1.807, 2.05) is 0 Å². The number of hydrogen-bond donors (Lipinski definition) is 1. The van der Waals surface area contributed by atoms with Gasteiger partial charge in [0.15, 0.2) is 0 Å². The Balaban J connectivity index is 3.25. The molecule has 0 aromatic carbocycles. The summed E-state index contributed by atoms with van der Waals surface area (Å²) in [6.45, 7) is 7.10. The molecule has 5 heteroatoms. The second-order valence-electron chi connectivity index (χ2n) is 4.13. The number of hydrogen-bond acceptors (Lipinski definition) is 4. The summed E-state index contributed by atoms with van der Waals surface area (Å²) >= 11 is 0. The first kappa shape index (κ1) is 11.1. The molecule has 1 unspecified atom stereocenters. The third kappa shape index (κ3) is 1.92. The molecule has 0 aliphatic rings. The van der Waals surface area contributed by atoms with Crippen molar-refractivity contribution in [3.8, 4) is 0 Å². The van der Waals surface area contributed by atoms with Crippen LogP contribution in [0.25, 0.3) is 0 Å². The maximum Gasteiger partial charge on any atom is 0.125 e. The second kappa shape index (κ2) is 3.31. The fourth-order valence-corrected chi connectivity index (χ4v) is 1.99. The van der Waals surface area contributed by atoms with E-state index in [4.69, 9.17) is 4.78 Å². The summed E-state index contributed by atoms with van der Waals surface area (Å²) in [5, 5.41) is 0.